The minimum atomic E-state index is -0.171. The highest BCUT2D eigenvalue weighted by molar-refractivity contribution is 5.24. The molecule has 2 heterocycles. The Kier molecular flexibility index (Phi) is 6.04. The molecular weight excluding hydrogens is 391 g/mol. The molecule has 1 saturated carbocycles. The molecule has 2 aromatic carbocycles. The highest BCUT2D eigenvalue weighted by Gasteiger charge is 2.38. The molecule has 3 aromatic rings. The Bertz CT molecular complexity index is 976. The van der Waals surface area contributed by atoms with Crippen molar-refractivity contribution >= 4 is 0 Å². The maximum absolute atomic E-state index is 15.0. The Morgan fingerprint density at radius 3 is 2.39 bits per heavy atom. The number of rotatable bonds is 6. The van der Waals surface area contributed by atoms with Crippen LogP contribution in [0.15, 0.2) is 54.6 Å². The molecule has 1 aliphatic heterocycles. The van der Waals surface area contributed by atoms with Crippen molar-refractivity contribution in [1.82, 2.24) is 20.2 Å². The minimum Gasteiger partial charge on any atom is -0.322 e. The number of nitrogens with zero attached hydrogens (tertiary/aromatic N) is 4. The van der Waals surface area contributed by atoms with Gasteiger partial charge in [-0.25, -0.2) is 9.07 Å². The molecule has 1 saturated heterocycles. The molecule has 0 spiro atoms. The lowest BCUT2D eigenvalue weighted by atomic mass is 10.0. The van der Waals surface area contributed by atoms with Crippen LogP contribution in [0, 0.1) is 5.82 Å². The van der Waals surface area contributed by atoms with E-state index in [1.807, 2.05) is 16.8 Å². The first kappa shape index (κ1) is 20.3. The second-order valence-corrected chi connectivity index (χ2v) is 8.95. The van der Waals surface area contributed by atoms with Crippen molar-refractivity contribution in [1.29, 1.82) is 0 Å². The van der Waals surface area contributed by atoms with Gasteiger partial charge in [0.2, 0.25) is 5.82 Å². The van der Waals surface area contributed by atoms with Gasteiger partial charge < -0.3 is 9.80 Å². The Morgan fingerprint density at radius 2 is 1.65 bits per heavy atom. The Balaban J connectivity index is 1.39. The van der Waals surface area contributed by atoms with Crippen LogP contribution in [0.3, 0.4) is 0 Å². The highest BCUT2D eigenvalue weighted by atomic mass is 19.1. The molecule has 5 rings (SSSR count). The van der Waals surface area contributed by atoms with Gasteiger partial charge in [-0.05, 0) is 35.4 Å². The van der Waals surface area contributed by atoms with Crippen LogP contribution in [0.5, 0.6) is 0 Å². The maximum Gasteiger partial charge on any atom is 0.214 e. The van der Waals surface area contributed by atoms with E-state index >= 15 is 0 Å². The van der Waals surface area contributed by atoms with E-state index in [1.54, 1.807) is 17.0 Å². The summed E-state index contributed by atoms with van der Waals surface area (Å²) in [5.41, 5.74) is 2.08. The summed E-state index contributed by atoms with van der Waals surface area (Å²) in [7, 11) is 0. The van der Waals surface area contributed by atoms with E-state index in [1.165, 1.54) is 23.3 Å². The lowest BCUT2D eigenvalue weighted by molar-refractivity contribution is -1.03. The molecule has 1 atom stereocenters. The molecule has 2 aliphatic rings. The zero-order chi connectivity index (χ0) is 21.0. The second kappa shape index (κ2) is 9.24. The molecule has 0 amide bonds. The highest BCUT2D eigenvalue weighted by Crippen LogP contribution is 2.31. The van der Waals surface area contributed by atoms with Crippen molar-refractivity contribution in [2.75, 3.05) is 26.2 Å². The van der Waals surface area contributed by atoms with Crippen LogP contribution in [0.25, 0.3) is 0 Å². The van der Waals surface area contributed by atoms with E-state index in [2.05, 4.69) is 45.9 Å². The molecule has 1 aromatic heterocycles. The molecule has 6 nitrogen and oxygen atoms in total. The van der Waals surface area contributed by atoms with Gasteiger partial charge in [0.15, 0.2) is 6.04 Å². The van der Waals surface area contributed by atoms with Crippen LogP contribution in [-0.2, 0) is 6.54 Å². The first-order valence-corrected chi connectivity index (χ1v) is 11.5. The molecule has 1 aliphatic carbocycles. The van der Waals surface area contributed by atoms with E-state index < -0.39 is 0 Å². The third-order valence-electron chi connectivity index (χ3n) is 6.97. The van der Waals surface area contributed by atoms with Gasteiger partial charge in [-0.3, -0.25) is 0 Å². The first-order valence-electron chi connectivity index (χ1n) is 11.5. The van der Waals surface area contributed by atoms with E-state index in [9.17, 15) is 4.39 Å². The standard InChI is InChI=1S/C24H29FN6/c25-22-13-7-6-12-21(22)23(24-26-27-28-31(24)20-10-4-5-11-20)30-16-14-29(15-17-30)18-19-8-2-1-3-9-19/h1-3,6-9,12-13,20,23H,4-5,10-11,14-18H2/p+2/t23-/m1/s1. The van der Waals surface area contributed by atoms with E-state index in [-0.39, 0.29) is 11.9 Å². The number of aromatic nitrogens is 4. The predicted octanol–water partition coefficient (Wildman–Crippen LogP) is 1.00. The summed E-state index contributed by atoms with van der Waals surface area (Å²) in [5, 5.41) is 12.8. The van der Waals surface area contributed by atoms with Crippen LogP contribution >= 0.6 is 0 Å². The molecule has 0 bridgehead atoms. The normalized spacial score (nSPS) is 23.1. The monoisotopic (exact) mass is 422 g/mol. The number of nitrogens with one attached hydrogen (secondary N) is 2. The minimum absolute atomic E-state index is 0.167. The number of hydrogen-bond acceptors (Lipinski definition) is 3. The summed E-state index contributed by atoms with van der Waals surface area (Å²) in [6.45, 7) is 5.09. The van der Waals surface area contributed by atoms with Gasteiger partial charge in [0, 0.05) is 5.56 Å². The van der Waals surface area contributed by atoms with Gasteiger partial charge in [0.05, 0.1) is 11.6 Å². The lowest BCUT2D eigenvalue weighted by Gasteiger charge is -2.34. The topological polar surface area (TPSA) is 52.5 Å². The third kappa shape index (κ3) is 4.38. The van der Waals surface area contributed by atoms with Crippen LogP contribution in [0.2, 0.25) is 0 Å². The van der Waals surface area contributed by atoms with Gasteiger partial charge in [-0.2, -0.15) is 0 Å². The molecule has 2 N–H and O–H groups in total. The zero-order valence-electron chi connectivity index (χ0n) is 17.9. The van der Waals surface area contributed by atoms with Crippen molar-refractivity contribution in [3.8, 4) is 0 Å². The van der Waals surface area contributed by atoms with Crippen LogP contribution in [-0.4, -0.2) is 46.4 Å². The number of piperazine rings is 1. The van der Waals surface area contributed by atoms with Crippen molar-refractivity contribution in [3.05, 3.63) is 77.4 Å². The molecule has 31 heavy (non-hydrogen) atoms. The van der Waals surface area contributed by atoms with Crippen LogP contribution in [0.4, 0.5) is 4.39 Å². The van der Waals surface area contributed by atoms with E-state index in [4.69, 9.17) is 0 Å². The fourth-order valence-corrected chi connectivity index (χ4v) is 5.32. The summed E-state index contributed by atoms with van der Waals surface area (Å²) in [6, 6.07) is 18.0. The predicted molar refractivity (Wildman–Crippen MR) is 115 cm³/mol. The number of tetrazole rings is 1. The largest absolute Gasteiger partial charge is 0.322 e. The summed E-state index contributed by atoms with van der Waals surface area (Å²) < 4.78 is 17.0. The summed E-state index contributed by atoms with van der Waals surface area (Å²) >= 11 is 0. The average molecular weight is 423 g/mol. The van der Waals surface area contributed by atoms with Gasteiger partial charge in [0.25, 0.3) is 0 Å². The number of halogens is 1. The molecular formula is C24H31FN6+2. The number of benzene rings is 2. The quantitative estimate of drug-likeness (QED) is 0.623. The Hall–Kier alpha value is -2.64. The summed E-state index contributed by atoms with van der Waals surface area (Å²) in [5.74, 6) is 0.651. The molecule has 2 fully saturated rings. The van der Waals surface area contributed by atoms with Crippen molar-refractivity contribution < 1.29 is 14.2 Å². The summed E-state index contributed by atoms with van der Waals surface area (Å²) in [4.78, 5) is 2.94. The van der Waals surface area contributed by atoms with Gasteiger partial charge in [0.1, 0.15) is 38.5 Å². The van der Waals surface area contributed by atoms with Crippen molar-refractivity contribution in [2.24, 2.45) is 0 Å². The second-order valence-electron chi connectivity index (χ2n) is 8.95. The van der Waals surface area contributed by atoms with Crippen LogP contribution < -0.4 is 9.80 Å². The smallest absolute Gasteiger partial charge is 0.214 e. The fourth-order valence-electron chi connectivity index (χ4n) is 5.32. The molecule has 162 valence electrons. The number of quaternary nitrogens is 2. The van der Waals surface area contributed by atoms with E-state index in [0.717, 1.165) is 51.4 Å². The lowest BCUT2D eigenvalue weighted by Crippen LogP contribution is -3.27. The van der Waals surface area contributed by atoms with Gasteiger partial charge >= 0.3 is 0 Å². The number of hydrogen-bond donors (Lipinski definition) is 2. The fraction of sp³-hybridized carbons (Fsp3) is 0.458. The van der Waals surface area contributed by atoms with Gasteiger partial charge in [-0.1, -0.05) is 55.3 Å². The van der Waals surface area contributed by atoms with Gasteiger partial charge in [-0.15, -0.1) is 5.10 Å². The molecule has 7 heteroatoms. The van der Waals surface area contributed by atoms with Crippen molar-refractivity contribution in [2.45, 2.75) is 44.3 Å². The third-order valence-corrected chi connectivity index (χ3v) is 6.97. The zero-order valence-corrected chi connectivity index (χ0v) is 17.9. The van der Waals surface area contributed by atoms with Crippen LogP contribution in [0.1, 0.15) is 54.7 Å². The summed E-state index contributed by atoms with van der Waals surface area (Å²) in [6.07, 6.45) is 4.63. The van der Waals surface area contributed by atoms with Crippen molar-refractivity contribution in [3.63, 3.8) is 0 Å². The maximum atomic E-state index is 15.0. The first-order chi connectivity index (χ1) is 15.3. The SMILES string of the molecule is Fc1ccccc1[C@H](c1nnnn1C1CCCC1)[NH+]1CC[NH+](Cc2ccccc2)CC1. The Labute approximate surface area is 182 Å². The molecule has 0 radical (unpaired) electrons. The molecule has 0 unspecified atom stereocenters. The average Bonchev–Trinajstić information content (AvgIpc) is 3.49. The Morgan fingerprint density at radius 1 is 0.935 bits per heavy atom. The van der Waals surface area contributed by atoms with E-state index in [0.29, 0.717) is 11.6 Å².